The molecule has 0 aromatic heterocycles. The van der Waals surface area contributed by atoms with Crippen LogP contribution >= 0.6 is 23.2 Å². The van der Waals surface area contributed by atoms with Gasteiger partial charge < -0.3 is 19.7 Å². The molecule has 0 bridgehead atoms. The van der Waals surface area contributed by atoms with E-state index in [2.05, 4.69) is 5.32 Å². The van der Waals surface area contributed by atoms with E-state index in [4.69, 9.17) is 32.7 Å². The molecular formula is C36H39Cl2N3O6S. The Balaban J connectivity index is 1.84. The highest BCUT2D eigenvalue weighted by atomic mass is 35.5. The highest BCUT2D eigenvalue weighted by molar-refractivity contribution is 7.92. The summed E-state index contributed by atoms with van der Waals surface area (Å²) >= 11 is 12.8. The number of nitrogens with zero attached hydrogens (tertiary/aromatic N) is 2. The third-order valence-electron chi connectivity index (χ3n) is 7.39. The van der Waals surface area contributed by atoms with Crippen molar-refractivity contribution < 1.29 is 27.5 Å². The first-order valence-electron chi connectivity index (χ1n) is 15.1. The molecule has 0 saturated heterocycles. The number of ether oxygens (including phenoxy) is 2. The van der Waals surface area contributed by atoms with Crippen LogP contribution in [0.3, 0.4) is 0 Å². The van der Waals surface area contributed by atoms with Crippen molar-refractivity contribution in [1.29, 1.82) is 0 Å². The van der Waals surface area contributed by atoms with Gasteiger partial charge >= 0.3 is 0 Å². The molecule has 1 N–H and O–H groups in total. The normalized spacial score (nSPS) is 12.1. The predicted octanol–water partition coefficient (Wildman–Crippen LogP) is 6.76. The van der Waals surface area contributed by atoms with Crippen LogP contribution in [0.1, 0.15) is 31.9 Å². The second-order valence-electron chi connectivity index (χ2n) is 12.1. The number of hydrogen-bond donors (Lipinski definition) is 1. The van der Waals surface area contributed by atoms with E-state index in [0.717, 1.165) is 9.87 Å². The molecule has 0 aliphatic heterocycles. The van der Waals surface area contributed by atoms with Crippen molar-refractivity contribution in [3.63, 3.8) is 0 Å². The number of methoxy groups -OCH3 is 2. The number of benzene rings is 4. The average Bonchev–Trinajstić information content (AvgIpc) is 3.05. The minimum atomic E-state index is -4.35. The second kappa shape index (κ2) is 15.8. The van der Waals surface area contributed by atoms with Crippen LogP contribution in [0.15, 0.2) is 102 Å². The fraction of sp³-hybridized carbons (Fsp3) is 0.278. The van der Waals surface area contributed by atoms with Crippen molar-refractivity contribution >= 4 is 50.7 Å². The largest absolute Gasteiger partial charge is 0.493 e. The minimum absolute atomic E-state index is 0.0943. The first kappa shape index (κ1) is 36.6. The van der Waals surface area contributed by atoms with Crippen molar-refractivity contribution in [3.8, 4) is 11.5 Å². The first-order valence-corrected chi connectivity index (χ1v) is 17.3. The standard InChI is InChI=1S/C36H39Cl2N3O6S/c1-36(2,3)39-35(43)31(20-25-12-8-6-9-13-25)40(23-26-16-17-27(37)21-30(26)38)34(42)24-41(28-14-10-7-11-15-28)48(44,45)29-18-19-32(46-4)33(22-29)47-5/h6-19,21-22,31H,20,23-24H2,1-5H3,(H,39,43)/t31-/m0/s1. The molecule has 1 atom stereocenters. The fourth-order valence-electron chi connectivity index (χ4n) is 5.07. The number of rotatable bonds is 13. The molecule has 0 aliphatic carbocycles. The van der Waals surface area contributed by atoms with Crippen molar-refractivity contribution in [2.45, 2.75) is 50.2 Å². The summed E-state index contributed by atoms with van der Waals surface area (Å²) in [6.07, 6.45) is 0.160. The Morgan fingerprint density at radius 3 is 2.04 bits per heavy atom. The maximum Gasteiger partial charge on any atom is 0.264 e. The topological polar surface area (TPSA) is 105 Å². The number of nitrogens with one attached hydrogen (secondary N) is 1. The zero-order chi connectivity index (χ0) is 35.1. The van der Waals surface area contributed by atoms with Gasteiger partial charge in [-0.15, -0.1) is 0 Å². The molecule has 0 fully saturated rings. The molecule has 4 aromatic rings. The molecule has 9 nitrogen and oxygen atoms in total. The third kappa shape index (κ3) is 9.21. The van der Waals surface area contributed by atoms with Gasteiger partial charge in [-0.05, 0) is 68.3 Å². The molecule has 0 spiro atoms. The van der Waals surface area contributed by atoms with Gasteiger partial charge in [-0.2, -0.15) is 0 Å². The number of anilines is 1. The monoisotopic (exact) mass is 711 g/mol. The van der Waals surface area contributed by atoms with Crippen LogP contribution < -0.4 is 19.1 Å². The van der Waals surface area contributed by atoms with Gasteiger partial charge in [0.2, 0.25) is 11.8 Å². The number of amides is 2. The van der Waals surface area contributed by atoms with Crippen LogP contribution in [0.25, 0.3) is 0 Å². The van der Waals surface area contributed by atoms with Gasteiger partial charge in [-0.25, -0.2) is 8.42 Å². The zero-order valence-electron chi connectivity index (χ0n) is 27.4. The van der Waals surface area contributed by atoms with Gasteiger partial charge in [0.15, 0.2) is 11.5 Å². The Bertz CT molecular complexity index is 1830. The summed E-state index contributed by atoms with van der Waals surface area (Å²) in [6.45, 7) is 4.82. The third-order valence-corrected chi connectivity index (χ3v) is 9.75. The van der Waals surface area contributed by atoms with E-state index in [1.54, 1.807) is 48.5 Å². The number of carbonyl (C=O) groups excluding carboxylic acids is 2. The number of hydrogen-bond acceptors (Lipinski definition) is 6. The summed E-state index contributed by atoms with van der Waals surface area (Å²) in [6, 6.07) is 25.7. The maximum absolute atomic E-state index is 14.6. The molecule has 4 rings (SSSR count). The molecule has 0 radical (unpaired) electrons. The maximum atomic E-state index is 14.6. The molecule has 2 amide bonds. The SMILES string of the molecule is COc1ccc(S(=O)(=O)N(CC(=O)N(Cc2ccc(Cl)cc2Cl)[C@@H](Cc2ccccc2)C(=O)NC(C)(C)C)c2ccccc2)cc1OC. The lowest BCUT2D eigenvalue weighted by atomic mass is 10.0. The molecule has 0 unspecified atom stereocenters. The average molecular weight is 713 g/mol. The first-order chi connectivity index (χ1) is 22.7. The Kier molecular flexibility index (Phi) is 12.0. The Labute approximate surface area is 292 Å². The van der Waals surface area contributed by atoms with E-state index < -0.39 is 40.0 Å². The molecule has 4 aromatic carbocycles. The predicted molar refractivity (Wildman–Crippen MR) is 189 cm³/mol. The van der Waals surface area contributed by atoms with E-state index in [1.807, 2.05) is 51.1 Å². The molecule has 0 aliphatic rings. The van der Waals surface area contributed by atoms with Crippen molar-refractivity contribution in [1.82, 2.24) is 10.2 Å². The molecule has 0 saturated carbocycles. The molecule has 12 heteroatoms. The van der Waals surface area contributed by atoms with E-state index >= 15 is 0 Å². The summed E-state index contributed by atoms with van der Waals surface area (Å²) in [7, 11) is -1.50. The smallest absolute Gasteiger partial charge is 0.264 e. The molecule has 0 heterocycles. The van der Waals surface area contributed by atoms with Crippen molar-refractivity contribution in [3.05, 3.63) is 118 Å². The Hall–Kier alpha value is -4.25. The highest BCUT2D eigenvalue weighted by Gasteiger charge is 2.36. The van der Waals surface area contributed by atoms with E-state index in [1.165, 1.54) is 37.3 Å². The van der Waals surface area contributed by atoms with Crippen LogP contribution in [0.2, 0.25) is 10.0 Å². The number of sulfonamides is 1. The summed E-state index contributed by atoms with van der Waals surface area (Å²) < 4.78 is 40.4. The summed E-state index contributed by atoms with van der Waals surface area (Å²) in [5.41, 5.74) is 0.976. The number of carbonyl (C=O) groups is 2. The lowest BCUT2D eigenvalue weighted by Gasteiger charge is -2.35. The van der Waals surface area contributed by atoms with Crippen LogP contribution in [0.5, 0.6) is 11.5 Å². The fourth-order valence-corrected chi connectivity index (χ4v) is 6.97. The van der Waals surface area contributed by atoms with Gasteiger partial charge in [0.05, 0.1) is 24.8 Å². The van der Waals surface area contributed by atoms with Gasteiger partial charge in [-0.3, -0.25) is 13.9 Å². The van der Waals surface area contributed by atoms with Gasteiger partial charge in [0.1, 0.15) is 12.6 Å². The quantitative estimate of drug-likeness (QED) is 0.164. The second-order valence-corrected chi connectivity index (χ2v) is 14.8. The number of halogens is 2. The van der Waals surface area contributed by atoms with Gasteiger partial charge in [-0.1, -0.05) is 77.8 Å². The van der Waals surface area contributed by atoms with Crippen LogP contribution in [-0.2, 0) is 32.6 Å². The molecular weight excluding hydrogens is 673 g/mol. The van der Waals surface area contributed by atoms with E-state index in [-0.39, 0.29) is 29.3 Å². The molecule has 254 valence electrons. The zero-order valence-corrected chi connectivity index (χ0v) is 29.8. The lowest BCUT2D eigenvalue weighted by Crippen LogP contribution is -2.56. The number of para-hydroxylation sites is 1. The summed E-state index contributed by atoms with van der Waals surface area (Å²) in [5.74, 6) is -0.477. The minimum Gasteiger partial charge on any atom is -0.493 e. The lowest BCUT2D eigenvalue weighted by molar-refractivity contribution is -0.140. The summed E-state index contributed by atoms with van der Waals surface area (Å²) in [4.78, 5) is 29.9. The van der Waals surface area contributed by atoms with Crippen LogP contribution in [-0.4, -0.2) is 57.5 Å². The van der Waals surface area contributed by atoms with Crippen molar-refractivity contribution in [2.75, 3.05) is 25.1 Å². The van der Waals surface area contributed by atoms with E-state index in [0.29, 0.717) is 21.4 Å². The Morgan fingerprint density at radius 2 is 1.46 bits per heavy atom. The Morgan fingerprint density at radius 1 is 0.833 bits per heavy atom. The van der Waals surface area contributed by atoms with E-state index in [9.17, 15) is 18.0 Å². The summed E-state index contributed by atoms with van der Waals surface area (Å²) in [5, 5.41) is 3.71. The van der Waals surface area contributed by atoms with Crippen molar-refractivity contribution in [2.24, 2.45) is 0 Å². The van der Waals surface area contributed by atoms with Crippen LogP contribution in [0.4, 0.5) is 5.69 Å². The van der Waals surface area contributed by atoms with Gasteiger partial charge in [0.25, 0.3) is 10.0 Å². The van der Waals surface area contributed by atoms with Gasteiger partial charge in [0, 0.05) is 34.6 Å². The highest BCUT2D eigenvalue weighted by Crippen LogP contribution is 2.33. The molecule has 48 heavy (non-hydrogen) atoms. The van der Waals surface area contributed by atoms with Crippen LogP contribution in [0, 0.1) is 0 Å².